The Labute approximate surface area is 122 Å². The molecule has 21 heavy (non-hydrogen) atoms. The molecule has 4 nitrogen and oxygen atoms in total. The minimum Gasteiger partial charge on any atom is -0.383 e. The van der Waals surface area contributed by atoms with Gasteiger partial charge >= 0.3 is 0 Å². The van der Waals surface area contributed by atoms with Gasteiger partial charge in [-0.3, -0.25) is 9.69 Å². The standard InChI is InChI=1S/C15H19F2N3O/c1-18-14-12(16)8-10(9-13(14)17)15(21)20-6-4-19(5-7-20)11-2-3-11/h8-9,11,18H,2-7H2,1H3. The van der Waals surface area contributed by atoms with Crippen molar-refractivity contribution in [2.75, 3.05) is 38.5 Å². The Bertz CT molecular complexity index is 529. The van der Waals surface area contributed by atoms with Crippen molar-refractivity contribution in [3.63, 3.8) is 0 Å². The Hall–Kier alpha value is -1.69. The first kappa shape index (κ1) is 14.3. The molecule has 0 unspecified atom stereocenters. The van der Waals surface area contributed by atoms with E-state index in [-0.39, 0.29) is 17.2 Å². The highest BCUT2D eigenvalue weighted by Crippen LogP contribution is 2.28. The molecule has 1 heterocycles. The number of rotatable bonds is 3. The number of nitrogens with one attached hydrogen (secondary N) is 1. The van der Waals surface area contributed by atoms with Crippen molar-refractivity contribution < 1.29 is 13.6 Å². The molecule has 3 rings (SSSR count). The maximum absolute atomic E-state index is 13.7. The lowest BCUT2D eigenvalue weighted by molar-refractivity contribution is 0.0626. The zero-order valence-electron chi connectivity index (χ0n) is 12.0. The van der Waals surface area contributed by atoms with Gasteiger partial charge in [-0.2, -0.15) is 0 Å². The highest BCUT2D eigenvalue weighted by molar-refractivity contribution is 5.94. The second-order valence-electron chi connectivity index (χ2n) is 5.62. The van der Waals surface area contributed by atoms with Crippen molar-refractivity contribution in [1.82, 2.24) is 9.80 Å². The van der Waals surface area contributed by atoms with Gasteiger partial charge in [-0.15, -0.1) is 0 Å². The summed E-state index contributed by atoms with van der Waals surface area (Å²) in [6.07, 6.45) is 2.49. The van der Waals surface area contributed by atoms with Crippen LogP contribution in [0.25, 0.3) is 0 Å². The predicted molar refractivity (Wildman–Crippen MR) is 76.4 cm³/mol. The summed E-state index contributed by atoms with van der Waals surface area (Å²) >= 11 is 0. The number of hydrogen-bond acceptors (Lipinski definition) is 3. The Kier molecular flexibility index (Phi) is 3.80. The third kappa shape index (κ3) is 2.85. The maximum Gasteiger partial charge on any atom is 0.254 e. The number of nitrogens with zero attached hydrogens (tertiary/aromatic N) is 2. The first-order chi connectivity index (χ1) is 10.1. The zero-order valence-corrected chi connectivity index (χ0v) is 12.0. The second kappa shape index (κ2) is 5.60. The summed E-state index contributed by atoms with van der Waals surface area (Å²) in [4.78, 5) is 16.4. The highest BCUT2D eigenvalue weighted by atomic mass is 19.1. The lowest BCUT2D eigenvalue weighted by Gasteiger charge is -2.34. The Morgan fingerprint density at radius 1 is 1.14 bits per heavy atom. The van der Waals surface area contributed by atoms with Gasteiger partial charge in [0.2, 0.25) is 0 Å². The fraction of sp³-hybridized carbons (Fsp3) is 0.533. The van der Waals surface area contributed by atoms with Crippen LogP contribution < -0.4 is 5.32 Å². The molecule has 0 spiro atoms. The van der Waals surface area contributed by atoms with Crippen LogP contribution in [0.3, 0.4) is 0 Å². The minimum atomic E-state index is -0.738. The van der Waals surface area contributed by atoms with E-state index in [9.17, 15) is 13.6 Å². The van der Waals surface area contributed by atoms with Crippen LogP contribution in [0.1, 0.15) is 23.2 Å². The number of amides is 1. The third-order valence-corrected chi connectivity index (χ3v) is 4.20. The summed E-state index contributed by atoms with van der Waals surface area (Å²) in [5.74, 6) is -1.78. The lowest BCUT2D eigenvalue weighted by atomic mass is 10.1. The normalized spacial score (nSPS) is 19.7. The minimum absolute atomic E-state index is 0.0730. The van der Waals surface area contributed by atoms with E-state index in [1.807, 2.05) is 0 Å². The van der Waals surface area contributed by atoms with Crippen LogP contribution in [0.4, 0.5) is 14.5 Å². The van der Waals surface area contributed by atoms with Gasteiger partial charge in [-0.05, 0) is 25.0 Å². The monoisotopic (exact) mass is 295 g/mol. The van der Waals surface area contributed by atoms with Crippen LogP contribution in [0.2, 0.25) is 0 Å². The van der Waals surface area contributed by atoms with E-state index in [0.29, 0.717) is 19.1 Å². The number of carbonyl (C=O) groups is 1. The average Bonchev–Trinajstić information content (AvgIpc) is 3.31. The van der Waals surface area contributed by atoms with Gasteiger partial charge in [0.25, 0.3) is 5.91 Å². The molecule has 0 bridgehead atoms. The van der Waals surface area contributed by atoms with Crippen molar-refractivity contribution >= 4 is 11.6 Å². The van der Waals surface area contributed by atoms with Gasteiger partial charge in [0, 0.05) is 44.8 Å². The molecule has 2 aliphatic rings. The molecule has 1 N–H and O–H groups in total. The molecule has 2 fully saturated rings. The Morgan fingerprint density at radius 3 is 2.19 bits per heavy atom. The van der Waals surface area contributed by atoms with Gasteiger partial charge in [0.05, 0.1) is 0 Å². The molecule has 1 aromatic carbocycles. The van der Waals surface area contributed by atoms with Gasteiger partial charge in [0.1, 0.15) is 17.3 Å². The van der Waals surface area contributed by atoms with Crippen LogP contribution in [-0.4, -0.2) is 55.0 Å². The number of piperazine rings is 1. The summed E-state index contributed by atoms with van der Waals surface area (Å²) < 4.78 is 27.5. The maximum atomic E-state index is 13.7. The highest BCUT2D eigenvalue weighted by Gasteiger charge is 2.32. The van der Waals surface area contributed by atoms with Gasteiger partial charge in [0.15, 0.2) is 0 Å². The number of benzene rings is 1. The van der Waals surface area contributed by atoms with Crippen LogP contribution in [0, 0.1) is 11.6 Å². The zero-order chi connectivity index (χ0) is 15.0. The van der Waals surface area contributed by atoms with Crippen molar-refractivity contribution in [1.29, 1.82) is 0 Å². The number of halogens is 2. The molecule has 1 aliphatic carbocycles. The first-order valence-electron chi connectivity index (χ1n) is 7.30. The smallest absolute Gasteiger partial charge is 0.254 e. The van der Waals surface area contributed by atoms with Crippen molar-refractivity contribution in [3.05, 3.63) is 29.3 Å². The number of hydrogen-bond donors (Lipinski definition) is 1. The molecule has 0 atom stereocenters. The van der Waals surface area contributed by atoms with E-state index in [4.69, 9.17) is 0 Å². The van der Waals surface area contributed by atoms with Crippen LogP contribution in [0.5, 0.6) is 0 Å². The molecular formula is C15H19F2N3O. The summed E-state index contributed by atoms with van der Waals surface area (Å²) in [5, 5.41) is 2.45. The lowest BCUT2D eigenvalue weighted by Crippen LogP contribution is -2.49. The molecule has 0 aromatic heterocycles. The molecule has 114 valence electrons. The van der Waals surface area contributed by atoms with E-state index < -0.39 is 11.6 Å². The van der Waals surface area contributed by atoms with Crippen LogP contribution >= 0.6 is 0 Å². The molecule has 1 aliphatic heterocycles. The van der Waals surface area contributed by atoms with E-state index in [1.54, 1.807) is 4.90 Å². The van der Waals surface area contributed by atoms with Crippen LogP contribution in [0.15, 0.2) is 12.1 Å². The molecule has 6 heteroatoms. The summed E-state index contributed by atoms with van der Waals surface area (Å²) in [6, 6.07) is 2.89. The Morgan fingerprint density at radius 2 is 1.71 bits per heavy atom. The van der Waals surface area contributed by atoms with E-state index in [1.165, 1.54) is 19.9 Å². The molecule has 1 aromatic rings. The van der Waals surface area contributed by atoms with Gasteiger partial charge < -0.3 is 10.2 Å². The number of anilines is 1. The Balaban J connectivity index is 1.70. The summed E-state index contributed by atoms with van der Waals surface area (Å²) in [6.45, 7) is 2.92. The summed E-state index contributed by atoms with van der Waals surface area (Å²) in [5.41, 5.74) is -0.131. The SMILES string of the molecule is CNc1c(F)cc(C(=O)N2CCN(C3CC3)CC2)cc1F. The largest absolute Gasteiger partial charge is 0.383 e. The molecular weight excluding hydrogens is 276 g/mol. The fourth-order valence-electron chi connectivity index (χ4n) is 2.85. The van der Waals surface area contributed by atoms with Crippen molar-refractivity contribution in [2.45, 2.75) is 18.9 Å². The van der Waals surface area contributed by atoms with Crippen LogP contribution in [-0.2, 0) is 0 Å². The quantitative estimate of drug-likeness (QED) is 0.925. The van der Waals surface area contributed by atoms with Crippen molar-refractivity contribution in [3.8, 4) is 0 Å². The molecule has 1 saturated carbocycles. The van der Waals surface area contributed by atoms with E-state index >= 15 is 0 Å². The fourth-order valence-corrected chi connectivity index (χ4v) is 2.85. The first-order valence-corrected chi connectivity index (χ1v) is 7.30. The molecule has 1 amide bonds. The van der Waals surface area contributed by atoms with Crippen molar-refractivity contribution in [2.24, 2.45) is 0 Å². The van der Waals surface area contributed by atoms with E-state index in [0.717, 1.165) is 25.2 Å². The van der Waals surface area contributed by atoms with E-state index in [2.05, 4.69) is 10.2 Å². The third-order valence-electron chi connectivity index (χ3n) is 4.20. The predicted octanol–water partition coefficient (Wildman–Crippen LogP) is 1.93. The molecule has 1 saturated heterocycles. The molecule has 0 radical (unpaired) electrons. The second-order valence-corrected chi connectivity index (χ2v) is 5.62. The summed E-state index contributed by atoms with van der Waals surface area (Å²) in [7, 11) is 1.44. The topological polar surface area (TPSA) is 35.6 Å². The van der Waals surface area contributed by atoms with Gasteiger partial charge in [-0.25, -0.2) is 8.78 Å². The number of carbonyl (C=O) groups excluding carboxylic acids is 1. The van der Waals surface area contributed by atoms with Gasteiger partial charge in [-0.1, -0.05) is 0 Å². The average molecular weight is 295 g/mol.